The number of amides is 1. The first-order valence-electron chi connectivity index (χ1n) is 4.98. The summed E-state index contributed by atoms with van der Waals surface area (Å²) < 4.78 is 0. The molecule has 0 spiro atoms. The van der Waals surface area contributed by atoms with Crippen molar-refractivity contribution in [3.8, 4) is 0 Å². The highest BCUT2D eigenvalue weighted by molar-refractivity contribution is 6.34. The number of anilines is 1. The van der Waals surface area contributed by atoms with Gasteiger partial charge in [-0.3, -0.25) is 9.78 Å². The minimum absolute atomic E-state index is 0.0564. The summed E-state index contributed by atoms with van der Waals surface area (Å²) in [6, 6.07) is 3.14. The molecule has 2 aromatic heterocycles. The van der Waals surface area contributed by atoms with Gasteiger partial charge in [-0.1, -0.05) is 11.6 Å². The normalized spacial score (nSPS) is 10.2. The zero-order valence-corrected chi connectivity index (χ0v) is 10.8. The molecule has 0 radical (unpaired) electrons. The summed E-state index contributed by atoms with van der Waals surface area (Å²) in [7, 11) is 0. The van der Waals surface area contributed by atoms with Gasteiger partial charge in [-0.25, -0.2) is 9.97 Å². The fraction of sp³-hybridized carbons (Fsp3) is 0.0909. The number of rotatable bonds is 2. The molecule has 0 bridgehead atoms. The summed E-state index contributed by atoms with van der Waals surface area (Å²) >= 11 is 11.6. The van der Waals surface area contributed by atoms with Crippen molar-refractivity contribution < 1.29 is 4.79 Å². The average Bonchev–Trinajstić information content (AvgIpc) is 2.28. The van der Waals surface area contributed by atoms with Crippen LogP contribution >= 0.6 is 23.2 Å². The topological polar surface area (TPSA) is 67.8 Å². The number of pyridine rings is 1. The van der Waals surface area contributed by atoms with Crippen LogP contribution in [0.3, 0.4) is 0 Å². The van der Waals surface area contributed by atoms with E-state index in [-0.39, 0.29) is 10.8 Å². The maximum Gasteiger partial charge on any atom is 0.259 e. The third-order valence-corrected chi connectivity index (χ3v) is 2.60. The Morgan fingerprint density at radius 3 is 2.78 bits per heavy atom. The molecule has 2 rings (SSSR count). The second-order valence-corrected chi connectivity index (χ2v) is 4.22. The van der Waals surface area contributed by atoms with Crippen molar-refractivity contribution in [1.82, 2.24) is 15.0 Å². The fourth-order valence-corrected chi connectivity index (χ4v) is 1.72. The van der Waals surface area contributed by atoms with Crippen LogP contribution in [0.25, 0.3) is 0 Å². The van der Waals surface area contributed by atoms with Gasteiger partial charge in [0.2, 0.25) is 5.28 Å². The molecule has 92 valence electrons. The SMILES string of the molecule is Cc1cc(Cl)c(C(=O)Nc2ccnc(Cl)n2)cn1. The lowest BCUT2D eigenvalue weighted by molar-refractivity contribution is 0.102. The number of hydrogen-bond donors (Lipinski definition) is 1. The van der Waals surface area contributed by atoms with E-state index in [4.69, 9.17) is 23.2 Å². The van der Waals surface area contributed by atoms with E-state index in [0.717, 1.165) is 5.69 Å². The Morgan fingerprint density at radius 2 is 2.11 bits per heavy atom. The van der Waals surface area contributed by atoms with Gasteiger partial charge in [-0.2, -0.15) is 0 Å². The third kappa shape index (κ3) is 2.94. The van der Waals surface area contributed by atoms with Crippen molar-refractivity contribution in [3.05, 3.63) is 46.1 Å². The second-order valence-electron chi connectivity index (χ2n) is 3.47. The minimum Gasteiger partial charge on any atom is -0.306 e. The summed E-state index contributed by atoms with van der Waals surface area (Å²) in [6.45, 7) is 1.79. The fourth-order valence-electron chi connectivity index (χ4n) is 1.28. The zero-order chi connectivity index (χ0) is 13.1. The van der Waals surface area contributed by atoms with E-state index in [0.29, 0.717) is 10.8 Å². The number of nitrogens with zero attached hydrogens (tertiary/aromatic N) is 3. The predicted octanol–water partition coefficient (Wildman–Crippen LogP) is 2.74. The van der Waals surface area contributed by atoms with E-state index in [1.807, 2.05) is 0 Å². The summed E-state index contributed by atoms with van der Waals surface area (Å²) in [5.74, 6) is -0.0982. The first-order valence-corrected chi connectivity index (χ1v) is 5.74. The molecular weight excluding hydrogens is 275 g/mol. The highest BCUT2D eigenvalue weighted by Gasteiger charge is 2.12. The molecule has 0 atom stereocenters. The van der Waals surface area contributed by atoms with Gasteiger partial charge in [0.05, 0.1) is 10.6 Å². The maximum atomic E-state index is 11.9. The quantitative estimate of drug-likeness (QED) is 0.860. The van der Waals surface area contributed by atoms with Gasteiger partial charge in [-0.05, 0) is 30.7 Å². The lowest BCUT2D eigenvalue weighted by atomic mass is 10.2. The molecule has 0 aliphatic rings. The lowest BCUT2D eigenvalue weighted by Gasteiger charge is -2.06. The van der Waals surface area contributed by atoms with E-state index in [9.17, 15) is 4.79 Å². The third-order valence-electron chi connectivity index (χ3n) is 2.10. The molecule has 18 heavy (non-hydrogen) atoms. The molecule has 1 N–H and O–H groups in total. The monoisotopic (exact) mass is 282 g/mol. The molecule has 2 heterocycles. The summed E-state index contributed by atoms with van der Waals surface area (Å²) in [5, 5.41) is 2.95. The van der Waals surface area contributed by atoms with E-state index in [1.54, 1.807) is 13.0 Å². The van der Waals surface area contributed by atoms with Crippen LogP contribution in [0, 0.1) is 6.92 Å². The molecule has 0 aliphatic heterocycles. The van der Waals surface area contributed by atoms with Crippen LogP contribution in [0.2, 0.25) is 10.3 Å². The van der Waals surface area contributed by atoms with Crippen molar-refractivity contribution in [1.29, 1.82) is 0 Å². The molecule has 0 aliphatic carbocycles. The van der Waals surface area contributed by atoms with Crippen LogP contribution in [-0.2, 0) is 0 Å². The van der Waals surface area contributed by atoms with Gasteiger partial charge in [0.15, 0.2) is 0 Å². The summed E-state index contributed by atoms with van der Waals surface area (Å²) in [4.78, 5) is 23.5. The van der Waals surface area contributed by atoms with Crippen molar-refractivity contribution in [3.63, 3.8) is 0 Å². The van der Waals surface area contributed by atoms with Gasteiger partial charge < -0.3 is 5.32 Å². The Labute approximate surface area is 113 Å². The van der Waals surface area contributed by atoms with Gasteiger partial charge in [0, 0.05) is 18.1 Å². The second kappa shape index (κ2) is 5.29. The highest BCUT2D eigenvalue weighted by atomic mass is 35.5. The van der Waals surface area contributed by atoms with Gasteiger partial charge in [0.25, 0.3) is 5.91 Å². The molecule has 0 fully saturated rings. The average molecular weight is 283 g/mol. The Bertz CT molecular complexity index is 603. The summed E-state index contributed by atoms with van der Waals surface area (Å²) in [6.07, 6.45) is 2.86. The van der Waals surface area contributed by atoms with E-state index >= 15 is 0 Å². The standard InChI is InChI=1S/C11H8Cl2N4O/c1-6-4-8(12)7(5-15-6)10(18)16-9-2-3-14-11(13)17-9/h2-5H,1H3,(H,14,16,17,18). The van der Waals surface area contributed by atoms with Gasteiger partial charge in [0.1, 0.15) is 5.82 Å². The molecule has 2 aromatic rings. The van der Waals surface area contributed by atoms with Gasteiger partial charge in [-0.15, -0.1) is 0 Å². The Morgan fingerprint density at radius 1 is 1.33 bits per heavy atom. The molecule has 0 saturated heterocycles. The Hall–Kier alpha value is -1.72. The zero-order valence-electron chi connectivity index (χ0n) is 9.32. The van der Waals surface area contributed by atoms with Crippen LogP contribution < -0.4 is 5.32 Å². The Balaban J connectivity index is 2.22. The number of carbonyl (C=O) groups is 1. The number of aryl methyl sites for hydroxylation is 1. The molecular formula is C11H8Cl2N4O. The molecule has 7 heteroatoms. The Kier molecular flexibility index (Phi) is 3.74. The molecule has 0 unspecified atom stereocenters. The van der Waals surface area contributed by atoms with Crippen molar-refractivity contribution in [2.45, 2.75) is 6.92 Å². The largest absolute Gasteiger partial charge is 0.306 e. The van der Waals surface area contributed by atoms with Crippen molar-refractivity contribution in [2.24, 2.45) is 0 Å². The predicted molar refractivity (Wildman–Crippen MR) is 69.0 cm³/mol. The van der Waals surface area contributed by atoms with Crippen molar-refractivity contribution in [2.75, 3.05) is 5.32 Å². The van der Waals surface area contributed by atoms with E-state index < -0.39 is 5.91 Å². The lowest BCUT2D eigenvalue weighted by Crippen LogP contribution is -2.14. The number of nitrogens with one attached hydrogen (secondary N) is 1. The van der Waals surface area contributed by atoms with Crippen LogP contribution in [0.5, 0.6) is 0 Å². The highest BCUT2D eigenvalue weighted by Crippen LogP contribution is 2.17. The summed E-state index contributed by atoms with van der Waals surface area (Å²) in [5.41, 5.74) is 1.01. The van der Waals surface area contributed by atoms with Gasteiger partial charge >= 0.3 is 0 Å². The molecule has 1 amide bonds. The molecule has 0 aromatic carbocycles. The first-order chi connectivity index (χ1) is 8.56. The number of halogens is 2. The van der Waals surface area contributed by atoms with E-state index in [1.165, 1.54) is 18.5 Å². The van der Waals surface area contributed by atoms with Crippen molar-refractivity contribution >= 4 is 34.9 Å². The minimum atomic E-state index is -0.401. The molecule has 5 nitrogen and oxygen atoms in total. The van der Waals surface area contributed by atoms with Crippen LogP contribution in [-0.4, -0.2) is 20.9 Å². The van der Waals surface area contributed by atoms with Crippen LogP contribution in [0.1, 0.15) is 16.1 Å². The number of hydrogen-bond acceptors (Lipinski definition) is 4. The number of aromatic nitrogens is 3. The number of carbonyl (C=O) groups excluding carboxylic acids is 1. The van der Waals surface area contributed by atoms with E-state index in [2.05, 4.69) is 20.3 Å². The first kappa shape index (κ1) is 12.7. The maximum absolute atomic E-state index is 11.9. The smallest absolute Gasteiger partial charge is 0.259 e. The van der Waals surface area contributed by atoms with Crippen LogP contribution in [0.15, 0.2) is 24.5 Å². The molecule has 0 saturated carbocycles. The van der Waals surface area contributed by atoms with Crippen LogP contribution in [0.4, 0.5) is 5.82 Å².